The lowest BCUT2D eigenvalue weighted by Crippen LogP contribution is -1.99. The van der Waals surface area contributed by atoms with E-state index in [0.29, 0.717) is 0 Å². The third-order valence-electron chi connectivity index (χ3n) is 0.942. The molecule has 1 rings (SSSR count). The normalized spacial score (nSPS) is 9.12. The summed E-state index contributed by atoms with van der Waals surface area (Å²) < 4.78 is 0. The predicted octanol–water partition coefficient (Wildman–Crippen LogP) is 0.515. The number of aromatic amines is 1. The fourth-order valence-electron chi connectivity index (χ4n) is 0.564. The standard InChI is InChI=1S/C6H7NO/c1-5-2-3-7-6(8)4-5/h2-4H,1H3,(H,7,8)/p+1. The van der Waals surface area contributed by atoms with Crippen LogP contribution in [0, 0.1) is 6.92 Å². The fourth-order valence-corrected chi connectivity index (χ4v) is 0.564. The van der Waals surface area contributed by atoms with Crippen molar-refractivity contribution in [3.63, 3.8) is 0 Å². The zero-order valence-electron chi connectivity index (χ0n) is 4.68. The lowest BCUT2D eigenvalue weighted by Gasteiger charge is -1.82. The van der Waals surface area contributed by atoms with Crippen molar-refractivity contribution in [2.24, 2.45) is 0 Å². The quantitative estimate of drug-likeness (QED) is 0.519. The average molecular weight is 110 g/mol. The molecule has 0 amide bonds. The van der Waals surface area contributed by atoms with E-state index in [1.807, 2.05) is 13.0 Å². The highest BCUT2D eigenvalue weighted by Crippen LogP contribution is 1.99. The van der Waals surface area contributed by atoms with Gasteiger partial charge in [-0.1, -0.05) is 0 Å². The van der Waals surface area contributed by atoms with Crippen molar-refractivity contribution in [1.29, 1.82) is 0 Å². The van der Waals surface area contributed by atoms with E-state index in [2.05, 4.69) is 4.98 Å². The van der Waals surface area contributed by atoms with Gasteiger partial charge in [0.25, 0.3) is 0 Å². The molecular weight excluding hydrogens is 102 g/mol. The molecule has 0 spiro atoms. The molecule has 0 aliphatic heterocycles. The molecule has 42 valence electrons. The highest BCUT2D eigenvalue weighted by Gasteiger charge is 1.91. The molecule has 1 aromatic rings. The van der Waals surface area contributed by atoms with E-state index >= 15 is 0 Å². The van der Waals surface area contributed by atoms with Gasteiger partial charge in [0.05, 0.1) is 6.07 Å². The van der Waals surface area contributed by atoms with E-state index in [-0.39, 0.29) is 5.88 Å². The zero-order chi connectivity index (χ0) is 5.98. The summed E-state index contributed by atoms with van der Waals surface area (Å²) in [5.74, 6) is 0.213. The van der Waals surface area contributed by atoms with Gasteiger partial charge in [-0.15, -0.1) is 0 Å². The first-order chi connectivity index (χ1) is 3.79. The number of hydrogen-bond donors (Lipinski definition) is 1. The van der Waals surface area contributed by atoms with Gasteiger partial charge >= 0.3 is 5.88 Å². The maximum atomic E-state index is 8.76. The van der Waals surface area contributed by atoms with E-state index in [0.717, 1.165) is 5.56 Å². The Labute approximate surface area is 47.8 Å². The smallest absolute Gasteiger partial charge is 0.363 e. The Balaban J connectivity index is 3.08. The number of nitrogens with one attached hydrogen (secondary N) is 1. The third-order valence-corrected chi connectivity index (χ3v) is 0.942. The number of aromatic hydroxyl groups is 1. The first kappa shape index (κ1) is 5.09. The number of aromatic nitrogens is 1. The van der Waals surface area contributed by atoms with Gasteiger partial charge in [0, 0.05) is 6.07 Å². The van der Waals surface area contributed by atoms with Crippen LogP contribution in [0.3, 0.4) is 0 Å². The number of H-pyrrole nitrogens is 1. The van der Waals surface area contributed by atoms with Crippen LogP contribution in [-0.2, 0) is 0 Å². The van der Waals surface area contributed by atoms with Crippen LogP contribution < -0.4 is 4.98 Å². The second-order valence-corrected chi connectivity index (χ2v) is 1.75. The maximum Gasteiger partial charge on any atom is 0.363 e. The highest BCUT2D eigenvalue weighted by atomic mass is 16.3. The summed E-state index contributed by atoms with van der Waals surface area (Å²) in [6, 6.07) is 3.56. The van der Waals surface area contributed by atoms with E-state index in [4.69, 9.17) is 5.11 Å². The molecule has 0 radical (unpaired) electrons. The minimum absolute atomic E-state index is 0.213. The monoisotopic (exact) mass is 110 g/mol. The number of rotatable bonds is 0. The lowest BCUT2D eigenvalue weighted by atomic mass is 10.3. The van der Waals surface area contributed by atoms with Crippen LogP contribution >= 0.6 is 0 Å². The van der Waals surface area contributed by atoms with Gasteiger partial charge in [0.15, 0.2) is 6.20 Å². The molecular formula is C6H8NO+. The molecule has 0 bridgehead atoms. The summed E-state index contributed by atoms with van der Waals surface area (Å²) in [5.41, 5.74) is 1.06. The van der Waals surface area contributed by atoms with Crippen LogP contribution in [0.4, 0.5) is 0 Å². The van der Waals surface area contributed by atoms with E-state index < -0.39 is 0 Å². The largest absolute Gasteiger partial charge is 0.460 e. The maximum absolute atomic E-state index is 8.76. The summed E-state index contributed by atoms with van der Waals surface area (Å²) in [7, 11) is 0. The van der Waals surface area contributed by atoms with Crippen molar-refractivity contribution in [3.05, 3.63) is 23.9 Å². The fraction of sp³-hybridized carbons (Fsp3) is 0.167. The predicted molar refractivity (Wildman–Crippen MR) is 29.4 cm³/mol. The summed E-state index contributed by atoms with van der Waals surface area (Å²) in [4.78, 5) is 2.63. The van der Waals surface area contributed by atoms with Gasteiger partial charge in [-0.25, -0.2) is 0 Å². The molecule has 2 heteroatoms. The third kappa shape index (κ3) is 0.964. The van der Waals surface area contributed by atoms with Crippen LogP contribution in [0.5, 0.6) is 5.88 Å². The average Bonchev–Trinajstić information content (AvgIpc) is 1.64. The van der Waals surface area contributed by atoms with Crippen LogP contribution in [0.1, 0.15) is 5.56 Å². The Hall–Kier alpha value is -1.05. The summed E-state index contributed by atoms with van der Waals surface area (Å²) >= 11 is 0. The van der Waals surface area contributed by atoms with Gasteiger partial charge in [-0.3, -0.25) is 0 Å². The Bertz CT molecular complexity index is 168. The van der Waals surface area contributed by atoms with Crippen LogP contribution in [-0.4, -0.2) is 5.11 Å². The van der Waals surface area contributed by atoms with Crippen molar-refractivity contribution in [2.75, 3.05) is 0 Å². The van der Waals surface area contributed by atoms with Crippen LogP contribution in [0.15, 0.2) is 18.3 Å². The number of hydrogen-bond acceptors (Lipinski definition) is 1. The van der Waals surface area contributed by atoms with Gasteiger partial charge in [-0.05, 0) is 12.5 Å². The molecule has 0 aliphatic carbocycles. The summed E-state index contributed by atoms with van der Waals surface area (Å²) in [6.45, 7) is 1.92. The van der Waals surface area contributed by atoms with Crippen molar-refractivity contribution in [3.8, 4) is 5.88 Å². The number of pyridine rings is 1. The molecule has 0 saturated heterocycles. The van der Waals surface area contributed by atoms with Crippen molar-refractivity contribution in [2.45, 2.75) is 6.92 Å². The lowest BCUT2D eigenvalue weighted by molar-refractivity contribution is -0.394. The molecule has 2 N–H and O–H groups in total. The molecule has 0 aromatic carbocycles. The molecule has 1 heterocycles. The van der Waals surface area contributed by atoms with Gasteiger partial charge < -0.3 is 5.11 Å². The summed E-state index contributed by atoms with van der Waals surface area (Å²) in [5, 5.41) is 8.76. The second kappa shape index (κ2) is 1.82. The van der Waals surface area contributed by atoms with Crippen molar-refractivity contribution < 1.29 is 10.1 Å². The Morgan fingerprint density at radius 3 is 2.75 bits per heavy atom. The number of aryl methyl sites for hydroxylation is 1. The molecule has 0 atom stereocenters. The molecule has 0 fully saturated rings. The van der Waals surface area contributed by atoms with Gasteiger partial charge in [0.1, 0.15) is 0 Å². The minimum atomic E-state index is 0.213. The van der Waals surface area contributed by atoms with Crippen molar-refractivity contribution in [1.82, 2.24) is 0 Å². The van der Waals surface area contributed by atoms with Gasteiger partial charge in [0.2, 0.25) is 0 Å². The van der Waals surface area contributed by atoms with Crippen LogP contribution in [0.2, 0.25) is 0 Å². The molecule has 1 aromatic heterocycles. The molecule has 0 saturated carbocycles. The Morgan fingerprint density at radius 2 is 2.38 bits per heavy atom. The Kier molecular flexibility index (Phi) is 1.16. The summed E-state index contributed by atoms with van der Waals surface area (Å²) in [6.07, 6.45) is 1.70. The second-order valence-electron chi connectivity index (χ2n) is 1.75. The topological polar surface area (TPSA) is 34.4 Å². The first-order valence-corrected chi connectivity index (χ1v) is 2.46. The molecule has 2 nitrogen and oxygen atoms in total. The minimum Gasteiger partial charge on any atom is -0.460 e. The zero-order valence-corrected chi connectivity index (χ0v) is 4.68. The molecule has 0 aliphatic rings. The first-order valence-electron chi connectivity index (χ1n) is 2.46. The van der Waals surface area contributed by atoms with Crippen molar-refractivity contribution >= 4 is 0 Å². The Morgan fingerprint density at radius 1 is 1.62 bits per heavy atom. The highest BCUT2D eigenvalue weighted by molar-refractivity contribution is 5.11. The SMILES string of the molecule is Cc1cc[nH+]c(O)c1. The van der Waals surface area contributed by atoms with E-state index in [1.54, 1.807) is 12.3 Å². The molecule has 0 unspecified atom stereocenters. The van der Waals surface area contributed by atoms with E-state index in [1.165, 1.54) is 0 Å². The van der Waals surface area contributed by atoms with Crippen LogP contribution in [0.25, 0.3) is 0 Å². The van der Waals surface area contributed by atoms with Gasteiger partial charge in [-0.2, -0.15) is 4.98 Å². The van der Waals surface area contributed by atoms with E-state index in [9.17, 15) is 0 Å². The molecule has 8 heavy (non-hydrogen) atoms.